The van der Waals surface area contributed by atoms with Gasteiger partial charge in [0, 0.05) is 4.90 Å². The first-order valence-electron chi connectivity index (χ1n) is 8.85. The normalized spacial score (nSPS) is 10.7. The lowest BCUT2D eigenvalue weighted by atomic mass is 9.98. The van der Waals surface area contributed by atoms with Crippen LogP contribution < -0.4 is 0 Å². The summed E-state index contributed by atoms with van der Waals surface area (Å²) in [6.45, 7) is 10.6. The summed E-state index contributed by atoms with van der Waals surface area (Å²) in [5, 5.41) is 1.49. The number of carbonyl (C=O) groups is 2. The molecule has 3 aromatic rings. The van der Waals surface area contributed by atoms with Crippen molar-refractivity contribution in [3.05, 3.63) is 84.7 Å². The lowest BCUT2D eigenvalue weighted by Gasteiger charge is -2.12. The standard InChI is InChI=1S/C24H19FO2S2/c1-14(2)23(26)28-21-12-10-17(18-7-5-6-8-19(18)21)16-9-11-22(20(25)13-16)29-24(27)15(3)4/h5-13H,1,3H2,2,4H3. The Balaban J connectivity index is 2.04. The van der Waals surface area contributed by atoms with Gasteiger partial charge in [-0.3, -0.25) is 9.59 Å². The molecule has 0 aliphatic heterocycles. The van der Waals surface area contributed by atoms with E-state index in [9.17, 15) is 14.0 Å². The van der Waals surface area contributed by atoms with Crippen molar-refractivity contribution in [3.8, 4) is 11.1 Å². The van der Waals surface area contributed by atoms with Gasteiger partial charge >= 0.3 is 0 Å². The summed E-state index contributed by atoms with van der Waals surface area (Å²) >= 11 is 1.97. The van der Waals surface area contributed by atoms with Crippen LogP contribution in [0.4, 0.5) is 4.39 Å². The number of carbonyl (C=O) groups excluding carboxylic acids is 2. The topological polar surface area (TPSA) is 34.1 Å². The SMILES string of the molecule is C=C(C)C(=O)Sc1ccc(-c2ccc(SC(=O)C(=C)C)c3ccccc23)cc1F. The van der Waals surface area contributed by atoms with E-state index in [0.29, 0.717) is 16.7 Å². The smallest absolute Gasteiger partial charge is 0.219 e. The Morgan fingerprint density at radius 1 is 0.793 bits per heavy atom. The average Bonchev–Trinajstić information content (AvgIpc) is 2.69. The van der Waals surface area contributed by atoms with Crippen molar-refractivity contribution in [3.63, 3.8) is 0 Å². The van der Waals surface area contributed by atoms with Crippen LogP contribution in [0.25, 0.3) is 21.9 Å². The minimum absolute atomic E-state index is 0.0856. The molecule has 0 radical (unpaired) electrons. The molecule has 5 heteroatoms. The van der Waals surface area contributed by atoms with Crippen molar-refractivity contribution in [1.29, 1.82) is 0 Å². The predicted octanol–water partition coefficient (Wildman–Crippen LogP) is 7.04. The van der Waals surface area contributed by atoms with E-state index < -0.39 is 5.82 Å². The molecule has 0 amide bonds. The van der Waals surface area contributed by atoms with Gasteiger partial charge in [-0.2, -0.15) is 0 Å². The summed E-state index contributed by atoms with van der Waals surface area (Å²) < 4.78 is 14.6. The molecule has 0 fully saturated rings. The van der Waals surface area contributed by atoms with Crippen molar-refractivity contribution < 1.29 is 14.0 Å². The first-order valence-corrected chi connectivity index (χ1v) is 10.5. The van der Waals surface area contributed by atoms with Gasteiger partial charge in [0.05, 0.1) is 4.90 Å². The largest absolute Gasteiger partial charge is 0.282 e. The number of halogens is 1. The number of hydrogen-bond acceptors (Lipinski definition) is 4. The fourth-order valence-electron chi connectivity index (χ4n) is 2.74. The second-order valence-corrected chi connectivity index (χ2v) is 8.67. The summed E-state index contributed by atoms with van der Waals surface area (Å²) in [4.78, 5) is 25.0. The Morgan fingerprint density at radius 2 is 1.34 bits per heavy atom. The monoisotopic (exact) mass is 422 g/mol. The van der Waals surface area contributed by atoms with Gasteiger partial charge in [0.2, 0.25) is 10.2 Å². The molecule has 0 unspecified atom stereocenters. The lowest BCUT2D eigenvalue weighted by molar-refractivity contribution is -0.108. The van der Waals surface area contributed by atoms with Crippen LogP contribution in [0.3, 0.4) is 0 Å². The van der Waals surface area contributed by atoms with E-state index in [0.717, 1.165) is 44.8 Å². The Bertz CT molecular complexity index is 1160. The molecule has 0 atom stereocenters. The zero-order chi connectivity index (χ0) is 21.1. The molecule has 0 saturated carbocycles. The molecule has 0 N–H and O–H groups in total. The van der Waals surface area contributed by atoms with Crippen molar-refractivity contribution in [2.75, 3.05) is 0 Å². The first-order chi connectivity index (χ1) is 13.8. The first kappa shape index (κ1) is 21.1. The fraction of sp³-hybridized carbons (Fsp3) is 0.0833. The molecule has 146 valence electrons. The number of thioether (sulfide) groups is 2. The molecule has 0 bridgehead atoms. The van der Waals surface area contributed by atoms with Crippen LogP contribution in [0.5, 0.6) is 0 Å². The van der Waals surface area contributed by atoms with Gasteiger partial charge in [0.1, 0.15) is 5.82 Å². The van der Waals surface area contributed by atoms with Crippen LogP contribution in [0.2, 0.25) is 0 Å². The van der Waals surface area contributed by atoms with Gasteiger partial charge in [-0.15, -0.1) is 0 Å². The highest BCUT2D eigenvalue weighted by atomic mass is 32.2. The second kappa shape index (κ2) is 8.80. The van der Waals surface area contributed by atoms with E-state index in [1.54, 1.807) is 26.0 Å². The van der Waals surface area contributed by atoms with Crippen LogP contribution in [-0.4, -0.2) is 10.2 Å². The molecule has 0 aliphatic rings. The van der Waals surface area contributed by atoms with Crippen LogP contribution in [0.1, 0.15) is 13.8 Å². The molecule has 3 rings (SSSR count). The highest BCUT2D eigenvalue weighted by Gasteiger charge is 2.15. The molecule has 0 aromatic heterocycles. The Labute approximate surface area is 177 Å². The maximum atomic E-state index is 14.6. The summed E-state index contributed by atoms with van der Waals surface area (Å²) in [7, 11) is 0. The zero-order valence-corrected chi connectivity index (χ0v) is 17.8. The van der Waals surface area contributed by atoms with Gasteiger partial charge < -0.3 is 0 Å². The van der Waals surface area contributed by atoms with Gasteiger partial charge in [0.15, 0.2) is 0 Å². The second-order valence-electron chi connectivity index (χ2n) is 6.64. The highest BCUT2D eigenvalue weighted by molar-refractivity contribution is 8.14. The third-order valence-corrected chi connectivity index (χ3v) is 6.42. The Morgan fingerprint density at radius 3 is 1.93 bits per heavy atom. The summed E-state index contributed by atoms with van der Waals surface area (Å²) in [6, 6.07) is 16.3. The van der Waals surface area contributed by atoms with Crippen LogP contribution in [-0.2, 0) is 9.59 Å². The molecule has 29 heavy (non-hydrogen) atoms. The van der Waals surface area contributed by atoms with E-state index in [1.807, 2.05) is 36.4 Å². The molecule has 0 aliphatic carbocycles. The number of benzene rings is 3. The Hall–Kier alpha value is -2.63. The summed E-state index contributed by atoms with van der Waals surface area (Å²) in [5.74, 6) is -0.456. The van der Waals surface area contributed by atoms with E-state index in [2.05, 4.69) is 13.2 Å². The van der Waals surface area contributed by atoms with E-state index in [4.69, 9.17) is 0 Å². The highest BCUT2D eigenvalue weighted by Crippen LogP contribution is 2.37. The number of rotatable bonds is 5. The predicted molar refractivity (Wildman–Crippen MR) is 121 cm³/mol. The summed E-state index contributed by atoms with van der Waals surface area (Å²) in [6.07, 6.45) is 0. The van der Waals surface area contributed by atoms with E-state index >= 15 is 0 Å². The van der Waals surface area contributed by atoms with E-state index in [1.165, 1.54) is 6.07 Å². The molecular formula is C24H19FO2S2. The molecular weight excluding hydrogens is 403 g/mol. The van der Waals surface area contributed by atoms with Crippen molar-refractivity contribution in [2.45, 2.75) is 23.6 Å². The van der Waals surface area contributed by atoms with Crippen LogP contribution in [0.15, 0.2) is 88.7 Å². The third-order valence-electron chi connectivity index (χ3n) is 4.23. The molecule has 2 nitrogen and oxygen atoms in total. The fourth-order valence-corrected chi connectivity index (χ4v) is 4.20. The molecule has 0 spiro atoms. The van der Waals surface area contributed by atoms with Crippen molar-refractivity contribution >= 4 is 44.5 Å². The number of hydrogen-bond donors (Lipinski definition) is 0. The minimum Gasteiger partial charge on any atom is -0.282 e. The summed E-state index contributed by atoms with van der Waals surface area (Å²) in [5.41, 5.74) is 2.42. The van der Waals surface area contributed by atoms with Crippen molar-refractivity contribution in [1.82, 2.24) is 0 Å². The Kier molecular flexibility index (Phi) is 6.40. The van der Waals surface area contributed by atoms with Gasteiger partial charge in [-0.05, 0) is 88.6 Å². The van der Waals surface area contributed by atoms with Gasteiger partial charge in [0.25, 0.3) is 0 Å². The minimum atomic E-state index is -0.456. The van der Waals surface area contributed by atoms with E-state index in [-0.39, 0.29) is 15.1 Å². The van der Waals surface area contributed by atoms with Crippen LogP contribution in [0, 0.1) is 5.82 Å². The molecule has 0 heterocycles. The quantitative estimate of drug-likeness (QED) is 0.326. The molecule has 0 saturated heterocycles. The average molecular weight is 423 g/mol. The zero-order valence-electron chi connectivity index (χ0n) is 16.1. The molecule has 3 aromatic carbocycles. The maximum absolute atomic E-state index is 14.6. The van der Waals surface area contributed by atoms with Crippen molar-refractivity contribution in [2.24, 2.45) is 0 Å². The van der Waals surface area contributed by atoms with Gasteiger partial charge in [-0.25, -0.2) is 4.39 Å². The number of fused-ring (bicyclic) bond motifs is 1. The maximum Gasteiger partial charge on any atom is 0.219 e. The third kappa shape index (κ3) is 4.69. The lowest BCUT2D eigenvalue weighted by Crippen LogP contribution is -1.94. The van der Waals surface area contributed by atoms with Crippen LogP contribution >= 0.6 is 23.5 Å². The van der Waals surface area contributed by atoms with Gasteiger partial charge in [-0.1, -0.05) is 49.6 Å².